The van der Waals surface area contributed by atoms with Crippen LogP contribution in [0.25, 0.3) is 49.9 Å². The first-order valence-electron chi connectivity index (χ1n) is 11.8. The molecule has 2 heteroatoms. The van der Waals surface area contributed by atoms with E-state index in [0.717, 1.165) is 16.7 Å². The van der Waals surface area contributed by atoms with E-state index in [1.807, 2.05) is 12.3 Å². The summed E-state index contributed by atoms with van der Waals surface area (Å²) in [5.41, 5.74) is 12.4. The van der Waals surface area contributed by atoms with Crippen LogP contribution < -0.4 is 0 Å². The maximum atomic E-state index is 4.82. The van der Waals surface area contributed by atoms with E-state index in [2.05, 4.69) is 115 Å². The highest BCUT2D eigenvalue weighted by Gasteiger charge is 2.36. The van der Waals surface area contributed by atoms with E-state index in [-0.39, 0.29) is 5.41 Å². The molecule has 2 nitrogen and oxygen atoms in total. The summed E-state index contributed by atoms with van der Waals surface area (Å²) >= 11 is 0. The van der Waals surface area contributed by atoms with Gasteiger partial charge in [0.15, 0.2) is 0 Å². The third kappa shape index (κ3) is 2.60. The van der Waals surface area contributed by atoms with Gasteiger partial charge < -0.3 is 4.57 Å². The molecule has 7 rings (SSSR count). The topological polar surface area (TPSA) is 17.8 Å². The zero-order valence-corrected chi connectivity index (χ0v) is 19.3. The Bertz CT molecular complexity index is 1700. The number of benzene rings is 4. The quantitative estimate of drug-likeness (QED) is 0.268. The number of fused-ring (bicyclic) bond motifs is 6. The lowest BCUT2D eigenvalue weighted by molar-refractivity contribution is 0.661. The Kier molecular flexibility index (Phi) is 3.93. The zero-order valence-electron chi connectivity index (χ0n) is 19.3. The summed E-state index contributed by atoms with van der Waals surface area (Å²) in [5, 5.41) is 1.21. The van der Waals surface area contributed by atoms with Crippen LogP contribution in [0.2, 0.25) is 0 Å². The number of hydrogen-bond acceptors (Lipinski definition) is 1. The van der Waals surface area contributed by atoms with Crippen molar-refractivity contribution in [1.29, 1.82) is 0 Å². The normalized spacial score (nSPS) is 13.8. The van der Waals surface area contributed by atoms with E-state index in [4.69, 9.17) is 4.98 Å². The van der Waals surface area contributed by atoms with Crippen molar-refractivity contribution in [3.8, 4) is 27.9 Å². The van der Waals surface area contributed by atoms with E-state index >= 15 is 0 Å². The molecule has 1 aliphatic rings. The predicted octanol–water partition coefficient (Wildman–Crippen LogP) is 8.15. The van der Waals surface area contributed by atoms with Crippen molar-refractivity contribution in [3.05, 3.63) is 120 Å². The van der Waals surface area contributed by atoms with E-state index in [9.17, 15) is 0 Å². The number of hydrogen-bond donors (Lipinski definition) is 0. The molecule has 2 heterocycles. The van der Waals surface area contributed by atoms with Crippen molar-refractivity contribution in [3.63, 3.8) is 0 Å². The first-order valence-corrected chi connectivity index (χ1v) is 11.8. The van der Waals surface area contributed by atoms with Gasteiger partial charge in [-0.15, -0.1) is 0 Å². The molecule has 0 saturated heterocycles. The minimum Gasteiger partial charge on any atom is -0.308 e. The fourth-order valence-corrected chi connectivity index (χ4v) is 5.74. The van der Waals surface area contributed by atoms with Gasteiger partial charge in [-0.05, 0) is 69.8 Å². The van der Waals surface area contributed by atoms with Crippen molar-refractivity contribution < 1.29 is 0 Å². The molecule has 4 aromatic carbocycles. The summed E-state index contributed by atoms with van der Waals surface area (Å²) in [6, 6.07) is 37.2. The minimum atomic E-state index is -0.0271. The Morgan fingerprint density at radius 2 is 1.35 bits per heavy atom. The van der Waals surface area contributed by atoms with Gasteiger partial charge in [0.05, 0.1) is 16.6 Å². The third-order valence-electron chi connectivity index (χ3n) is 7.46. The van der Waals surface area contributed by atoms with Crippen molar-refractivity contribution in [2.24, 2.45) is 0 Å². The molecule has 0 aliphatic heterocycles. The van der Waals surface area contributed by atoms with Crippen molar-refractivity contribution in [2.75, 3.05) is 0 Å². The molecule has 34 heavy (non-hydrogen) atoms. The second-order valence-electron chi connectivity index (χ2n) is 9.70. The van der Waals surface area contributed by atoms with Gasteiger partial charge >= 0.3 is 0 Å². The molecule has 6 aromatic rings. The first-order chi connectivity index (χ1) is 16.6. The lowest BCUT2D eigenvalue weighted by Gasteiger charge is -2.21. The molecular formula is C32H24N2. The number of nitrogens with zero attached hydrogens (tertiary/aromatic N) is 2. The van der Waals surface area contributed by atoms with Gasteiger partial charge in [-0.1, -0.05) is 80.6 Å². The molecule has 0 bridgehead atoms. The van der Waals surface area contributed by atoms with Crippen LogP contribution in [0.3, 0.4) is 0 Å². The highest BCUT2D eigenvalue weighted by molar-refractivity contribution is 6.09. The molecule has 0 unspecified atom stereocenters. The lowest BCUT2D eigenvalue weighted by atomic mass is 9.82. The van der Waals surface area contributed by atoms with Gasteiger partial charge in [-0.2, -0.15) is 0 Å². The lowest BCUT2D eigenvalue weighted by Crippen LogP contribution is -2.14. The predicted molar refractivity (Wildman–Crippen MR) is 142 cm³/mol. The van der Waals surface area contributed by atoms with Crippen LogP contribution in [0.15, 0.2) is 109 Å². The highest BCUT2D eigenvalue weighted by atomic mass is 15.0. The molecule has 162 valence electrons. The Morgan fingerprint density at radius 3 is 2.18 bits per heavy atom. The summed E-state index contributed by atoms with van der Waals surface area (Å²) in [6.07, 6.45) is 1.90. The van der Waals surface area contributed by atoms with Gasteiger partial charge in [0, 0.05) is 22.7 Å². The number of pyridine rings is 1. The molecule has 0 radical (unpaired) electrons. The van der Waals surface area contributed by atoms with Crippen LogP contribution in [-0.4, -0.2) is 9.55 Å². The van der Waals surface area contributed by atoms with E-state index in [0.29, 0.717) is 0 Å². The SMILES string of the molecule is CC1(C)c2ccccc2-c2cc3c(cc21)c1ncccc1n3-c1ccc(-c2ccccc2)cc1. The summed E-state index contributed by atoms with van der Waals surface area (Å²) in [6.45, 7) is 4.66. The average Bonchev–Trinajstić information content (AvgIpc) is 3.33. The fraction of sp³-hybridized carbons (Fsp3) is 0.0938. The highest BCUT2D eigenvalue weighted by Crippen LogP contribution is 2.50. The van der Waals surface area contributed by atoms with Crippen molar-refractivity contribution in [1.82, 2.24) is 9.55 Å². The molecular weight excluding hydrogens is 412 g/mol. The van der Waals surface area contributed by atoms with Crippen molar-refractivity contribution in [2.45, 2.75) is 19.3 Å². The van der Waals surface area contributed by atoms with Gasteiger partial charge in [0.1, 0.15) is 0 Å². The molecule has 1 aliphatic carbocycles. The van der Waals surface area contributed by atoms with Crippen LogP contribution in [0.4, 0.5) is 0 Å². The third-order valence-corrected chi connectivity index (χ3v) is 7.46. The zero-order chi connectivity index (χ0) is 22.9. The standard InChI is InChI=1S/C32H24N2/c1-32(2)27-12-7-6-11-24(27)25-20-30-26(19-28(25)32)31-29(13-8-18-33-31)34(30)23-16-14-22(15-17-23)21-9-4-3-5-10-21/h3-20H,1-2H3. The monoisotopic (exact) mass is 436 g/mol. The van der Waals surface area contributed by atoms with E-state index in [1.54, 1.807) is 0 Å². The van der Waals surface area contributed by atoms with Gasteiger partial charge in [-0.3, -0.25) is 4.98 Å². The maximum Gasteiger partial charge on any atom is 0.0963 e. The Morgan fingerprint density at radius 1 is 0.618 bits per heavy atom. The van der Waals surface area contributed by atoms with Gasteiger partial charge in [0.25, 0.3) is 0 Å². The van der Waals surface area contributed by atoms with Gasteiger partial charge in [0.2, 0.25) is 0 Å². The fourth-order valence-electron chi connectivity index (χ4n) is 5.74. The van der Waals surface area contributed by atoms with Crippen LogP contribution in [0.5, 0.6) is 0 Å². The van der Waals surface area contributed by atoms with E-state index in [1.165, 1.54) is 44.3 Å². The number of aromatic nitrogens is 2. The second kappa shape index (κ2) is 6.91. The molecule has 2 aromatic heterocycles. The molecule has 0 amide bonds. The molecule has 0 N–H and O–H groups in total. The molecule has 0 fully saturated rings. The smallest absolute Gasteiger partial charge is 0.0963 e. The van der Waals surface area contributed by atoms with Crippen LogP contribution in [-0.2, 0) is 5.41 Å². The number of rotatable bonds is 2. The minimum absolute atomic E-state index is 0.0271. The van der Waals surface area contributed by atoms with Crippen LogP contribution in [0.1, 0.15) is 25.0 Å². The summed E-state index contributed by atoms with van der Waals surface area (Å²) in [4.78, 5) is 4.82. The van der Waals surface area contributed by atoms with Gasteiger partial charge in [-0.25, -0.2) is 0 Å². The summed E-state index contributed by atoms with van der Waals surface area (Å²) in [5.74, 6) is 0. The Labute approximate surface area is 199 Å². The maximum absolute atomic E-state index is 4.82. The van der Waals surface area contributed by atoms with E-state index < -0.39 is 0 Å². The summed E-state index contributed by atoms with van der Waals surface area (Å²) in [7, 11) is 0. The Balaban J connectivity index is 1.50. The molecule has 0 atom stereocenters. The van der Waals surface area contributed by atoms with Crippen LogP contribution >= 0.6 is 0 Å². The van der Waals surface area contributed by atoms with Crippen LogP contribution in [0, 0.1) is 0 Å². The first kappa shape index (κ1) is 19.3. The Hall–Kier alpha value is -4.17. The summed E-state index contributed by atoms with van der Waals surface area (Å²) < 4.78 is 2.36. The average molecular weight is 437 g/mol. The second-order valence-corrected chi connectivity index (χ2v) is 9.70. The van der Waals surface area contributed by atoms with Crippen molar-refractivity contribution >= 4 is 21.9 Å². The molecule has 0 spiro atoms. The largest absolute Gasteiger partial charge is 0.308 e. The molecule has 0 saturated carbocycles.